The van der Waals surface area contributed by atoms with Crippen LogP contribution in [0.25, 0.3) is 17.1 Å². The summed E-state index contributed by atoms with van der Waals surface area (Å²) in [6, 6.07) is 7.31. The monoisotopic (exact) mass is 349 g/mol. The van der Waals surface area contributed by atoms with Gasteiger partial charge in [-0.25, -0.2) is 9.67 Å². The molecule has 132 valence electrons. The van der Waals surface area contributed by atoms with E-state index in [1.54, 1.807) is 44.4 Å². The Hall–Kier alpha value is -3.68. The zero-order valence-electron chi connectivity index (χ0n) is 14.4. The maximum Gasteiger partial charge on any atom is 0.261 e. The molecule has 3 rings (SSSR count). The number of nitrogen functional groups attached to an aromatic ring is 1. The van der Waals surface area contributed by atoms with Crippen molar-refractivity contribution in [2.45, 2.75) is 13.8 Å². The van der Waals surface area contributed by atoms with Gasteiger partial charge in [0.25, 0.3) is 5.91 Å². The first kappa shape index (κ1) is 17.2. The van der Waals surface area contributed by atoms with E-state index >= 15 is 0 Å². The van der Waals surface area contributed by atoms with Gasteiger partial charge in [-0.15, -0.1) is 0 Å². The van der Waals surface area contributed by atoms with E-state index in [9.17, 15) is 4.79 Å². The quantitative estimate of drug-likeness (QED) is 0.528. The summed E-state index contributed by atoms with van der Waals surface area (Å²) in [6.07, 6.45) is 6.47. The fourth-order valence-corrected chi connectivity index (χ4v) is 2.52. The first-order valence-corrected chi connectivity index (χ1v) is 7.94. The lowest BCUT2D eigenvalue weighted by molar-refractivity contribution is 0.102. The predicted molar refractivity (Wildman–Crippen MR) is 102 cm³/mol. The first-order valence-electron chi connectivity index (χ1n) is 7.94. The van der Waals surface area contributed by atoms with Crippen molar-refractivity contribution < 1.29 is 4.79 Å². The third kappa shape index (κ3) is 3.54. The van der Waals surface area contributed by atoms with Crippen LogP contribution >= 0.6 is 0 Å². The summed E-state index contributed by atoms with van der Waals surface area (Å²) in [5, 5.41) is 14.4. The largest absolute Gasteiger partial charge is 0.383 e. The number of hydrogen-bond acceptors (Lipinski definition) is 5. The normalized spacial score (nSPS) is 11.4. The molecule has 1 aromatic carbocycles. The van der Waals surface area contributed by atoms with Gasteiger partial charge < -0.3 is 21.4 Å². The van der Waals surface area contributed by atoms with Gasteiger partial charge in [-0.2, -0.15) is 5.10 Å². The maximum absolute atomic E-state index is 12.5. The molecule has 0 unspecified atom stereocenters. The lowest BCUT2D eigenvalue weighted by Gasteiger charge is -2.07. The van der Waals surface area contributed by atoms with Gasteiger partial charge in [-0.3, -0.25) is 4.79 Å². The van der Waals surface area contributed by atoms with Crippen LogP contribution in [0.4, 0.5) is 11.5 Å². The van der Waals surface area contributed by atoms with Crippen LogP contribution in [0.3, 0.4) is 0 Å². The van der Waals surface area contributed by atoms with Crippen molar-refractivity contribution in [2.24, 2.45) is 0 Å². The standard InChI is InChI=1S/C18H19N7O/c1-11(19)9-12(2)25-16(20)15(10-23-25)18(26)24-14-5-3-13(4-6-14)17-21-7-8-22-17/h3-10,19H,20H2,1-2H3,(H,21,22)(H,24,26)/b12-9-,19-11?. The van der Waals surface area contributed by atoms with Gasteiger partial charge in [-0.05, 0) is 44.2 Å². The highest BCUT2D eigenvalue weighted by Crippen LogP contribution is 2.20. The molecule has 1 amide bonds. The number of rotatable bonds is 5. The average molecular weight is 349 g/mol. The number of anilines is 2. The summed E-state index contributed by atoms with van der Waals surface area (Å²) in [5.41, 5.74) is 8.91. The van der Waals surface area contributed by atoms with Gasteiger partial charge in [0.15, 0.2) is 0 Å². The zero-order valence-corrected chi connectivity index (χ0v) is 14.4. The number of nitrogens with zero attached hydrogens (tertiary/aromatic N) is 3. The van der Waals surface area contributed by atoms with Crippen molar-refractivity contribution in [1.29, 1.82) is 5.41 Å². The van der Waals surface area contributed by atoms with Crippen molar-refractivity contribution in [3.63, 3.8) is 0 Å². The number of hydrogen-bond donors (Lipinski definition) is 4. The lowest BCUT2D eigenvalue weighted by atomic mass is 10.2. The minimum Gasteiger partial charge on any atom is -0.383 e. The van der Waals surface area contributed by atoms with E-state index in [0.29, 0.717) is 17.1 Å². The SMILES string of the molecule is CC(=N)/C=C(/C)n1ncc(C(=O)Nc2ccc(-c3ncc[nH]3)cc2)c1N. The van der Waals surface area contributed by atoms with Crippen LogP contribution in [0.1, 0.15) is 24.2 Å². The Bertz CT molecular complexity index is 966. The molecule has 0 aliphatic carbocycles. The summed E-state index contributed by atoms with van der Waals surface area (Å²) in [5.74, 6) is 0.640. The number of H-pyrrole nitrogens is 1. The molecule has 2 aromatic heterocycles. The highest BCUT2D eigenvalue weighted by Gasteiger charge is 2.16. The number of amides is 1. The highest BCUT2D eigenvalue weighted by molar-refractivity contribution is 6.07. The minimum atomic E-state index is -0.348. The van der Waals surface area contributed by atoms with Crippen molar-refractivity contribution in [2.75, 3.05) is 11.1 Å². The molecule has 8 nitrogen and oxygen atoms in total. The van der Waals surface area contributed by atoms with E-state index in [0.717, 1.165) is 11.4 Å². The van der Waals surface area contributed by atoms with Crippen molar-refractivity contribution in [3.05, 3.63) is 54.5 Å². The van der Waals surface area contributed by atoms with Crippen LogP contribution in [0.2, 0.25) is 0 Å². The second-order valence-corrected chi connectivity index (χ2v) is 5.79. The second-order valence-electron chi connectivity index (χ2n) is 5.79. The number of carbonyl (C=O) groups excluding carboxylic acids is 1. The van der Waals surface area contributed by atoms with Crippen LogP contribution in [-0.2, 0) is 0 Å². The van der Waals surface area contributed by atoms with Crippen LogP contribution in [0.5, 0.6) is 0 Å². The molecular formula is C18H19N7O. The zero-order chi connectivity index (χ0) is 18.7. The van der Waals surface area contributed by atoms with Crippen molar-refractivity contribution in [3.8, 4) is 11.4 Å². The number of aromatic nitrogens is 4. The molecule has 0 atom stereocenters. The summed E-state index contributed by atoms with van der Waals surface area (Å²) in [4.78, 5) is 19.7. The van der Waals surface area contributed by atoms with Crippen LogP contribution in [0.15, 0.2) is 48.9 Å². The maximum atomic E-state index is 12.5. The number of allylic oxidation sites excluding steroid dienone is 2. The van der Waals surface area contributed by atoms with Crippen LogP contribution < -0.4 is 11.1 Å². The Morgan fingerprint density at radius 1 is 1.31 bits per heavy atom. The summed E-state index contributed by atoms with van der Waals surface area (Å²) >= 11 is 0. The van der Waals surface area contributed by atoms with Gasteiger partial charge in [0.05, 0.1) is 6.20 Å². The Labute approximate surface area is 150 Å². The molecular weight excluding hydrogens is 330 g/mol. The van der Waals surface area contributed by atoms with E-state index in [-0.39, 0.29) is 17.3 Å². The Morgan fingerprint density at radius 2 is 2.04 bits per heavy atom. The minimum absolute atomic E-state index is 0.227. The molecule has 0 spiro atoms. The molecule has 2 heterocycles. The first-order chi connectivity index (χ1) is 12.5. The molecule has 3 aromatic rings. The molecule has 0 fully saturated rings. The molecule has 8 heteroatoms. The molecule has 0 aliphatic rings. The third-order valence-electron chi connectivity index (χ3n) is 3.72. The Balaban J connectivity index is 1.76. The molecule has 0 radical (unpaired) electrons. The van der Waals surface area contributed by atoms with Gasteiger partial charge >= 0.3 is 0 Å². The Morgan fingerprint density at radius 3 is 2.65 bits per heavy atom. The number of nitrogens with two attached hydrogens (primary N) is 1. The summed E-state index contributed by atoms with van der Waals surface area (Å²) < 4.78 is 1.44. The number of aromatic amines is 1. The van der Waals surface area contributed by atoms with E-state index in [1.165, 1.54) is 10.9 Å². The molecule has 5 N–H and O–H groups in total. The Kier molecular flexibility index (Phi) is 4.66. The predicted octanol–water partition coefficient (Wildman–Crippen LogP) is 3.01. The smallest absolute Gasteiger partial charge is 0.261 e. The van der Waals surface area contributed by atoms with Gasteiger partial charge in [0.2, 0.25) is 0 Å². The number of carbonyl (C=O) groups is 1. The number of imidazole rings is 1. The topological polar surface area (TPSA) is 125 Å². The van der Waals surface area contributed by atoms with Gasteiger partial charge in [-0.1, -0.05) is 0 Å². The van der Waals surface area contributed by atoms with Gasteiger partial charge in [0, 0.05) is 35.1 Å². The fourth-order valence-electron chi connectivity index (χ4n) is 2.52. The number of benzene rings is 1. The van der Waals surface area contributed by atoms with Crippen LogP contribution in [-0.4, -0.2) is 31.4 Å². The molecule has 0 saturated carbocycles. The molecule has 26 heavy (non-hydrogen) atoms. The third-order valence-corrected chi connectivity index (χ3v) is 3.72. The number of nitrogens with one attached hydrogen (secondary N) is 3. The fraction of sp³-hybridized carbons (Fsp3) is 0.111. The van der Waals surface area contributed by atoms with Crippen molar-refractivity contribution in [1.82, 2.24) is 19.7 Å². The van der Waals surface area contributed by atoms with E-state index in [2.05, 4.69) is 20.4 Å². The highest BCUT2D eigenvalue weighted by atomic mass is 16.1. The van der Waals surface area contributed by atoms with E-state index in [1.807, 2.05) is 12.1 Å². The van der Waals surface area contributed by atoms with Crippen LogP contribution in [0, 0.1) is 5.41 Å². The molecule has 0 aliphatic heterocycles. The van der Waals surface area contributed by atoms with Gasteiger partial charge in [0.1, 0.15) is 17.2 Å². The average Bonchev–Trinajstić information content (AvgIpc) is 3.24. The molecule has 0 saturated heterocycles. The van der Waals surface area contributed by atoms with E-state index in [4.69, 9.17) is 11.1 Å². The van der Waals surface area contributed by atoms with Crippen molar-refractivity contribution >= 4 is 28.8 Å². The second kappa shape index (κ2) is 7.06. The molecule has 0 bridgehead atoms. The van der Waals surface area contributed by atoms with E-state index < -0.39 is 0 Å². The summed E-state index contributed by atoms with van der Waals surface area (Å²) in [7, 11) is 0. The summed E-state index contributed by atoms with van der Waals surface area (Å²) in [6.45, 7) is 3.43. The lowest BCUT2D eigenvalue weighted by Crippen LogP contribution is -2.14.